The van der Waals surface area contributed by atoms with Gasteiger partial charge < -0.3 is 0 Å². The molecule has 6 heteroatoms. The molecule has 0 unspecified atom stereocenters. The fourth-order valence-corrected chi connectivity index (χ4v) is 2.00. The number of aryl methyl sites for hydroxylation is 1. The van der Waals surface area contributed by atoms with Crippen molar-refractivity contribution in [2.24, 2.45) is 0 Å². The van der Waals surface area contributed by atoms with Crippen molar-refractivity contribution in [1.82, 2.24) is 4.98 Å². The molecule has 0 atom stereocenters. The first-order valence-electron chi connectivity index (χ1n) is 3.72. The molecule has 0 bridgehead atoms. The molecule has 0 saturated carbocycles. The Morgan fingerprint density at radius 3 is 2.77 bits per heavy atom. The van der Waals surface area contributed by atoms with Gasteiger partial charge >= 0.3 is 0 Å². The van der Waals surface area contributed by atoms with Crippen molar-refractivity contribution < 1.29 is 12.6 Å². The van der Waals surface area contributed by atoms with Gasteiger partial charge in [0.15, 0.2) is 0 Å². The fraction of sp³-hybridized carbons (Fsp3) is 0.571. The van der Waals surface area contributed by atoms with E-state index in [0.29, 0.717) is 6.42 Å². The highest BCUT2D eigenvalue weighted by Crippen LogP contribution is 2.12. The maximum atomic E-state index is 10.6. The molecule has 0 saturated heterocycles. The number of hydrogen-bond acceptors (Lipinski definition) is 5. The van der Waals surface area contributed by atoms with E-state index in [1.165, 1.54) is 11.3 Å². The second kappa shape index (κ2) is 4.17. The van der Waals surface area contributed by atoms with Crippen molar-refractivity contribution in [3.63, 3.8) is 0 Å². The van der Waals surface area contributed by atoms with E-state index < -0.39 is 10.1 Å². The Hall–Kier alpha value is -0.460. The van der Waals surface area contributed by atoms with Crippen molar-refractivity contribution in [2.75, 3.05) is 12.9 Å². The quantitative estimate of drug-likeness (QED) is 0.711. The highest BCUT2D eigenvalue weighted by atomic mass is 32.2. The van der Waals surface area contributed by atoms with Crippen molar-refractivity contribution in [3.8, 4) is 0 Å². The third kappa shape index (κ3) is 3.84. The summed E-state index contributed by atoms with van der Waals surface area (Å²) in [5, 5.41) is 0. The Labute approximate surface area is 81.7 Å². The molecule has 13 heavy (non-hydrogen) atoms. The zero-order chi connectivity index (χ0) is 9.90. The summed E-state index contributed by atoms with van der Waals surface area (Å²) in [6.07, 6.45) is 1.65. The summed E-state index contributed by atoms with van der Waals surface area (Å²) in [5.74, 6) is 0. The molecule has 1 heterocycles. The van der Waals surface area contributed by atoms with Gasteiger partial charge in [0.1, 0.15) is 0 Å². The maximum absolute atomic E-state index is 10.6. The molecule has 1 aromatic heterocycles. The van der Waals surface area contributed by atoms with Gasteiger partial charge in [-0.15, -0.1) is 11.3 Å². The van der Waals surface area contributed by atoms with E-state index in [2.05, 4.69) is 9.17 Å². The second-order valence-corrected chi connectivity index (χ2v) is 5.22. The Bertz CT molecular complexity index is 369. The van der Waals surface area contributed by atoms with E-state index in [4.69, 9.17) is 0 Å². The molecule has 0 aromatic carbocycles. The molecule has 74 valence electrons. The third-order valence-corrected chi connectivity index (χ3v) is 3.06. The monoisotopic (exact) mass is 221 g/mol. The van der Waals surface area contributed by atoms with Crippen LogP contribution in [0.1, 0.15) is 10.6 Å². The highest BCUT2D eigenvalue weighted by molar-refractivity contribution is 7.85. The fourth-order valence-electron chi connectivity index (χ4n) is 0.852. The zero-order valence-corrected chi connectivity index (χ0v) is 9.11. The van der Waals surface area contributed by atoms with Crippen LogP contribution in [-0.4, -0.2) is 26.3 Å². The van der Waals surface area contributed by atoms with Crippen molar-refractivity contribution in [1.29, 1.82) is 0 Å². The minimum absolute atomic E-state index is 0.196. The normalized spacial score (nSPS) is 11.8. The molecule has 0 radical (unpaired) electrons. The SMILES string of the molecule is Cc1ncsc1CCOS(C)(=O)=O. The summed E-state index contributed by atoms with van der Waals surface area (Å²) >= 11 is 1.51. The molecule has 0 fully saturated rings. The summed E-state index contributed by atoms with van der Waals surface area (Å²) in [4.78, 5) is 5.12. The third-order valence-electron chi connectivity index (χ3n) is 1.47. The lowest BCUT2D eigenvalue weighted by Crippen LogP contribution is -2.05. The van der Waals surface area contributed by atoms with Crippen molar-refractivity contribution in [2.45, 2.75) is 13.3 Å². The van der Waals surface area contributed by atoms with E-state index in [0.717, 1.165) is 16.8 Å². The molecule has 0 spiro atoms. The van der Waals surface area contributed by atoms with E-state index in [9.17, 15) is 8.42 Å². The largest absolute Gasteiger partial charge is 0.270 e. The standard InChI is InChI=1S/C7H11NO3S2/c1-6-7(12-5-8-6)3-4-11-13(2,9)10/h5H,3-4H2,1-2H3. The average Bonchev–Trinajstić information content (AvgIpc) is 2.34. The van der Waals surface area contributed by atoms with Crippen molar-refractivity contribution in [3.05, 3.63) is 16.1 Å². The Morgan fingerprint density at radius 2 is 2.31 bits per heavy atom. The highest BCUT2D eigenvalue weighted by Gasteiger charge is 2.04. The molecule has 4 nitrogen and oxygen atoms in total. The number of nitrogens with zero attached hydrogens (tertiary/aromatic N) is 1. The molecular weight excluding hydrogens is 210 g/mol. The lowest BCUT2D eigenvalue weighted by molar-refractivity contribution is 0.326. The second-order valence-electron chi connectivity index (χ2n) is 2.64. The maximum Gasteiger partial charge on any atom is 0.264 e. The number of thiazole rings is 1. The number of hydrogen-bond donors (Lipinski definition) is 0. The van der Waals surface area contributed by atoms with Gasteiger partial charge in [0.25, 0.3) is 10.1 Å². The van der Waals surface area contributed by atoms with E-state index in [1.807, 2.05) is 6.92 Å². The lowest BCUT2D eigenvalue weighted by Gasteiger charge is -1.99. The minimum Gasteiger partial charge on any atom is -0.270 e. The van der Waals surface area contributed by atoms with Crippen molar-refractivity contribution >= 4 is 21.5 Å². The van der Waals surface area contributed by atoms with Gasteiger partial charge in [-0.05, 0) is 6.92 Å². The molecule has 1 aromatic rings. The molecule has 0 aliphatic carbocycles. The van der Waals surface area contributed by atoms with Crippen LogP contribution in [0.4, 0.5) is 0 Å². The van der Waals surface area contributed by atoms with E-state index in [-0.39, 0.29) is 6.61 Å². The average molecular weight is 221 g/mol. The van der Waals surface area contributed by atoms with Gasteiger partial charge in [-0.3, -0.25) is 4.18 Å². The molecule has 0 aliphatic rings. The Morgan fingerprint density at radius 1 is 1.62 bits per heavy atom. The summed E-state index contributed by atoms with van der Waals surface area (Å²) < 4.78 is 25.8. The number of aromatic nitrogens is 1. The summed E-state index contributed by atoms with van der Waals surface area (Å²) in [6.45, 7) is 2.09. The van der Waals surface area contributed by atoms with Gasteiger partial charge in [-0.1, -0.05) is 0 Å². The van der Waals surface area contributed by atoms with Crippen LogP contribution >= 0.6 is 11.3 Å². The summed E-state index contributed by atoms with van der Waals surface area (Å²) in [7, 11) is -3.31. The molecule has 0 aliphatic heterocycles. The first kappa shape index (κ1) is 10.6. The smallest absolute Gasteiger partial charge is 0.264 e. The molecule has 0 N–H and O–H groups in total. The summed E-state index contributed by atoms with van der Waals surface area (Å²) in [5.41, 5.74) is 2.69. The lowest BCUT2D eigenvalue weighted by atomic mass is 10.3. The summed E-state index contributed by atoms with van der Waals surface area (Å²) in [6, 6.07) is 0. The molecular formula is C7H11NO3S2. The minimum atomic E-state index is -3.31. The predicted octanol–water partition coefficient (Wildman–Crippen LogP) is 0.970. The van der Waals surface area contributed by atoms with Crippen LogP contribution < -0.4 is 0 Å². The van der Waals surface area contributed by atoms with Gasteiger partial charge in [0.05, 0.1) is 24.1 Å². The van der Waals surface area contributed by atoms with Crippen LogP contribution in [0, 0.1) is 6.92 Å². The van der Waals surface area contributed by atoms with Crippen LogP contribution in [0.5, 0.6) is 0 Å². The van der Waals surface area contributed by atoms with Gasteiger partial charge in [-0.25, -0.2) is 4.98 Å². The Balaban J connectivity index is 2.41. The van der Waals surface area contributed by atoms with Gasteiger partial charge in [0.2, 0.25) is 0 Å². The van der Waals surface area contributed by atoms with Gasteiger partial charge in [0, 0.05) is 11.3 Å². The molecule has 1 rings (SSSR count). The topological polar surface area (TPSA) is 56.3 Å². The van der Waals surface area contributed by atoms with Crippen LogP contribution in [-0.2, 0) is 20.7 Å². The molecule has 0 amide bonds. The van der Waals surface area contributed by atoms with Crippen LogP contribution in [0.2, 0.25) is 0 Å². The first-order valence-corrected chi connectivity index (χ1v) is 6.42. The first-order chi connectivity index (χ1) is 5.99. The zero-order valence-electron chi connectivity index (χ0n) is 7.48. The van der Waals surface area contributed by atoms with Crippen LogP contribution in [0.3, 0.4) is 0 Å². The van der Waals surface area contributed by atoms with Crippen LogP contribution in [0.15, 0.2) is 5.51 Å². The Kier molecular flexibility index (Phi) is 3.40. The van der Waals surface area contributed by atoms with Gasteiger partial charge in [-0.2, -0.15) is 8.42 Å². The van der Waals surface area contributed by atoms with E-state index in [1.54, 1.807) is 5.51 Å². The van der Waals surface area contributed by atoms with Crippen LogP contribution in [0.25, 0.3) is 0 Å². The van der Waals surface area contributed by atoms with E-state index >= 15 is 0 Å². The predicted molar refractivity (Wildman–Crippen MR) is 51.4 cm³/mol. The number of rotatable bonds is 4.